The number of methoxy groups -OCH3 is 1. The smallest absolute Gasteiger partial charge is 0.203 e. The van der Waals surface area contributed by atoms with Gasteiger partial charge in [-0.3, -0.25) is 0 Å². The summed E-state index contributed by atoms with van der Waals surface area (Å²) in [5, 5.41) is 0. The van der Waals surface area contributed by atoms with Gasteiger partial charge in [0.2, 0.25) is 5.95 Å². The van der Waals surface area contributed by atoms with Gasteiger partial charge in [0.05, 0.1) is 17.6 Å². The number of H-pyrrole nitrogens is 1. The lowest BCUT2D eigenvalue weighted by Gasteiger charge is -2.14. The minimum absolute atomic E-state index is 0.605. The number of nitrogens with two attached hydrogens (primary N) is 1. The number of rotatable bonds is 3. The zero-order chi connectivity index (χ0) is 12.5. The molecule has 1 aliphatic heterocycles. The van der Waals surface area contributed by atoms with E-state index in [-0.39, 0.29) is 0 Å². The van der Waals surface area contributed by atoms with Crippen LogP contribution in [0.25, 0.3) is 11.0 Å². The molecule has 5 nitrogen and oxygen atoms in total. The van der Waals surface area contributed by atoms with E-state index in [1.165, 1.54) is 0 Å². The van der Waals surface area contributed by atoms with Gasteiger partial charge in [0.1, 0.15) is 0 Å². The molecular weight excluding hydrogens is 228 g/mol. The molecule has 1 aromatic carbocycles. The van der Waals surface area contributed by atoms with Gasteiger partial charge >= 0.3 is 0 Å². The number of nitrogen functional groups attached to an aromatic ring is 1. The molecule has 1 atom stereocenters. The molecule has 3 rings (SSSR count). The normalized spacial score (nSPS) is 19.8. The summed E-state index contributed by atoms with van der Waals surface area (Å²) < 4.78 is 5.21. The van der Waals surface area contributed by atoms with E-state index in [1.807, 2.05) is 18.2 Å². The fourth-order valence-corrected chi connectivity index (χ4v) is 2.56. The van der Waals surface area contributed by atoms with Crippen molar-refractivity contribution in [1.82, 2.24) is 9.97 Å². The number of aromatic amines is 1. The molecule has 2 heterocycles. The topological polar surface area (TPSA) is 67.2 Å². The third-order valence-corrected chi connectivity index (χ3v) is 3.48. The van der Waals surface area contributed by atoms with Crippen molar-refractivity contribution in [2.24, 2.45) is 5.92 Å². The Hall–Kier alpha value is -1.75. The first-order valence-electron chi connectivity index (χ1n) is 6.25. The molecule has 1 saturated heterocycles. The molecule has 0 aliphatic carbocycles. The van der Waals surface area contributed by atoms with E-state index in [2.05, 4.69) is 14.9 Å². The summed E-state index contributed by atoms with van der Waals surface area (Å²) in [5.74, 6) is 1.54. The first-order valence-corrected chi connectivity index (χ1v) is 6.25. The zero-order valence-electron chi connectivity index (χ0n) is 10.5. The summed E-state index contributed by atoms with van der Waals surface area (Å²) >= 11 is 0. The number of nitrogens with one attached hydrogen (secondary N) is 1. The van der Waals surface area contributed by atoms with Gasteiger partial charge in [0.25, 0.3) is 0 Å². The molecule has 1 fully saturated rings. The quantitative estimate of drug-likeness (QED) is 0.808. The van der Waals surface area contributed by atoms with Crippen LogP contribution in [0.1, 0.15) is 6.42 Å². The molecule has 0 amide bonds. The lowest BCUT2D eigenvalue weighted by Crippen LogP contribution is -2.22. The van der Waals surface area contributed by atoms with Gasteiger partial charge in [0.15, 0.2) is 0 Å². The highest BCUT2D eigenvalue weighted by molar-refractivity contribution is 5.80. The van der Waals surface area contributed by atoms with Crippen LogP contribution in [-0.4, -0.2) is 36.8 Å². The molecule has 0 spiro atoms. The van der Waals surface area contributed by atoms with Crippen LogP contribution >= 0.6 is 0 Å². The maximum atomic E-state index is 5.77. The van der Waals surface area contributed by atoms with Crippen molar-refractivity contribution in [2.45, 2.75) is 6.42 Å². The predicted octanol–water partition coefficient (Wildman–Crippen LogP) is 1.62. The number of imidazole rings is 1. The van der Waals surface area contributed by atoms with Crippen molar-refractivity contribution in [3.05, 3.63) is 18.2 Å². The maximum Gasteiger partial charge on any atom is 0.203 e. The van der Waals surface area contributed by atoms with E-state index in [1.54, 1.807) is 7.11 Å². The van der Waals surface area contributed by atoms with Crippen LogP contribution in [0, 0.1) is 5.92 Å². The van der Waals surface area contributed by atoms with Gasteiger partial charge in [-0.2, -0.15) is 0 Å². The molecule has 1 aromatic heterocycles. The second-order valence-corrected chi connectivity index (χ2v) is 4.89. The summed E-state index contributed by atoms with van der Waals surface area (Å²) in [4.78, 5) is 10.2. The lowest BCUT2D eigenvalue weighted by atomic mass is 10.1. The standard InChI is InChI=1S/C13H18N4O/c1-18-8-9-4-5-17(7-9)13-15-11-3-2-10(14)6-12(11)16-13/h2-3,6,9H,4-5,7-8,14H2,1H3,(H,15,16). The zero-order valence-corrected chi connectivity index (χ0v) is 10.5. The lowest BCUT2D eigenvalue weighted by molar-refractivity contribution is 0.161. The fourth-order valence-electron chi connectivity index (χ4n) is 2.56. The Bertz CT molecular complexity index is 551. The van der Waals surface area contributed by atoms with Crippen LogP contribution in [0.15, 0.2) is 18.2 Å². The van der Waals surface area contributed by atoms with Crippen molar-refractivity contribution in [3.8, 4) is 0 Å². The van der Waals surface area contributed by atoms with E-state index in [0.29, 0.717) is 5.92 Å². The summed E-state index contributed by atoms with van der Waals surface area (Å²) in [7, 11) is 1.76. The van der Waals surface area contributed by atoms with E-state index in [0.717, 1.165) is 48.8 Å². The van der Waals surface area contributed by atoms with E-state index in [9.17, 15) is 0 Å². The second kappa shape index (κ2) is 4.49. The van der Waals surface area contributed by atoms with Gasteiger partial charge in [-0.25, -0.2) is 4.98 Å². The highest BCUT2D eigenvalue weighted by atomic mass is 16.5. The summed E-state index contributed by atoms with van der Waals surface area (Å²) in [6, 6.07) is 5.76. The van der Waals surface area contributed by atoms with Gasteiger partial charge < -0.3 is 20.4 Å². The number of nitrogens with zero attached hydrogens (tertiary/aromatic N) is 2. The Balaban J connectivity index is 1.82. The van der Waals surface area contributed by atoms with Gasteiger partial charge in [0, 0.05) is 31.8 Å². The number of hydrogen-bond donors (Lipinski definition) is 2. The first-order chi connectivity index (χ1) is 8.76. The molecule has 0 saturated carbocycles. The SMILES string of the molecule is COCC1CCN(c2nc3ccc(N)cc3[nH]2)C1. The van der Waals surface area contributed by atoms with Crippen LogP contribution in [0.4, 0.5) is 11.6 Å². The molecule has 2 aromatic rings. The van der Waals surface area contributed by atoms with Gasteiger partial charge in [-0.15, -0.1) is 0 Å². The average molecular weight is 246 g/mol. The molecule has 0 radical (unpaired) electrons. The molecule has 18 heavy (non-hydrogen) atoms. The number of anilines is 2. The summed E-state index contributed by atoms with van der Waals surface area (Å²) in [6.07, 6.45) is 1.16. The van der Waals surface area contributed by atoms with E-state index < -0.39 is 0 Å². The predicted molar refractivity (Wildman–Crippen MR) is 72.7 cm³/mol. The number of aromatic nitrogens is 2. The van der Waals surface area contributed by atoms with Crippen LogP contribution in [0.3, 0.4) is 0 Å². The highest BCUT2D eigenvalue weighted by Crippen LogP contribution is 2.24. The molecule has 5 heteroatoms. The number of benzene rings is 1. The van der Waals surface area contributed by atoms with Gasteiger partial charge in [-0.05, 0) is 24.6 Å². The molecule has 0 bridgehead atoms. The van der Waals surface area contributed by atoms with Crippen molar-refractivity contribution in [2.75, 3.05) is 37.4 Å². The summed E-state index contributed by atoms with van der Waals surface area (Å²) in [5.41, 5.74) is 8.50. The Morgan fingerprint density at radius 1 is 1.56 bits per heavy atom. The average Bonchev–Trinajstić information content (AvgIpc) is 2.94. The molecular formula is C13H18N4O. The van der Waals surface area contributed by atoms with E-state index >= 15 is 0 Å². The van der Waals surface area contributed by atoms with Crippen molar-refractivity contribution in [1.29, 1.82) is 0 Å². The Morgan fingerprint density at radius 3 is 3.28 bits per heavy atom. The number of ether oxygens (including phenoxy) is 1. The third kappa shape index (κ3) is 2.01. The Kier molecular flexibility index (Phi) is 2.83. The maximum absolute atomic E-state index is 5.77. The largest absolute Gasteiger partial charge is 0.399 e. The third-order valence-electron chi connectivity index (χ3n) is 3.48. The summed E-state index contributed by atoms with van der Waals surface area (Å²) in [6.45, 7) is 2.86. The van der Waals surface area contributed by atoms with E-state index in [4.69, 9.17) is 10.5 Å². The first kappa shape index (κ1) is 11.3. The van der Waals surface area contributed by atoms with Crippen molar-refractivity contribution >= 4 is 22.7 Å². The fraction of sp³-hybridized carbons (Fsp3) is 0.462. The Labute approximate surface area is 106 Å². The molecule has 3 N–H and O–H groups in total. The van der Waals surface area contributed by atoms with Crippen LogP contribution in [0.2, 0.25) is 0 Å². The molecule has 1 unspecified atom stereocenters. The van der Waals surface area contributed by atoms with Gasteiger partial charge in [-0.1, -0.05) is 0 Å². The Morgan fingerprint density at radius 2 is 2.44 bits per heavy atom. The van der Waals surface area contributed by atoms with Crippen molar-refractivity contribution in [3.63, 3.8) is 0 Å². The second-order valence-electron chi connectivity index (χ2n) is 4.89. The van der Waals surface area contributed by atoms with Crippen LogP contribution in [0.5, 0.6) is 0 Å². The van der Waals surface area contributed by atoms with Crippen LogP contribution < -0.4 is 10.6 Å². The minimum Gasteiger partial charge on any atom is -0.399 e. The minimum atomic E-state index is 0.605. The monoisotopic (exact) mass is 246 g/mol. The highest BCUT2D eigenvalue weighted by Gasteiger charge is 2.24. The number of fused-ring (bicyclic) bond motifs is 1. The van der Waals surface area contributed by atoms with Crippen molar-refractivity contribution < 1.29 is 4.74 Å². The molecule has 96 valence electrons. The number of hydrogen-bond acceptors (Lipinski definition) is 4. The molecule has 1 aliphatic rings. The van der Waals surface area contributed by atoms with Crippen LogP contribution in [-0.2, 0) is 4.74 Å².